The highest BCUT2D eigenvalue weighted by Gasteiger charge is 2.30. The van der Waals surface area contributed by atoms with Crippen LogP contribution < -0.4 is 0 Å². The predicted molar refractivity (Wildman–Crippen MR) is 64.4 cm³/mol. The van der Waals surface area contributed by atoms with E-state index in [4.69, 9.17) is 0 Å². The van der Waals surface area contributed by atoms with Crippen LogP contribution in [0.25, 0.3) is 0 Å². The Kier molecular flexibility index (Phi) is 3.40. The number of aliphatic hydroxyl groups excluding tert-OH is 1. The first kappa shape index (κ1) is 12.4. The highest BCUT2D eigenvalue weighted by atomic mass is 32.2. The molecule has 1 saturated heterocycles. The fourth-order valence-electron chi connectivity index (χ4n) is 2.29. The number of rotatable bonds is 2. The Morgan fingerprint density at radius 3 is 2.76 bits per heavy atom. The van der Waals surface area contributed by atoms with Gasteiger partial charge in [0.15, 0.2) is 9.84 Å². The summed E-state index contributed by atoms with van der Waals surface area (Å²) in [7, 11) is -3.02. The quantitative estimate of drug-likeness (QED) is 0.835. The van der Waals surface area contributed by atoms with E-state index >= 15 is 0 Å². The van der Waals surface area contributed by atoms with E-state index in [1.54, 1.807) is 12.1 Å². The van der Waals surface area contributed by atoms with Gasteiger partial charge in [-0.3, -0.25) is 0 Å². The maximum atomic E-state index is 11.5. The number of hydrogen-bond donors (Lipinski definition) is 2. The van der Waals surface area contributed by atoms with Gasteiger partial charge in [-0.2, -0.15) is 0 Å². The molecule has 0 saturated carbocycles. The van der Waals surface area contributed by atoms with E-state index < -0.39 is 15.9 Å². The number of aliphatic hydroxyl groups is 1. The Bertz CT molecular complexity index is 495. The molecule has 1 aliphatic heterocycles. The van der Waals surface area contributed by atoms with Crippen LogP contribution in [-0.4, -0.2) is 30.1 Å². The van der Waals surface area contributed by atoms with Crippen molar-refractivity contribution in [1.29, 1.82) is 0 Å². The lowest BCUT2D eigenvalue weighted by Gasteiger charge is -2.26. The van der Waals surface area contributed by atoms with Crippen molar-refractivity contribution < 1.29 is 18.6 Å². The van der Waals surface area contributed by atoms with Crippen LogP contribution in [0.3, 0.4) is 0 Å². The van der Waals surface area contributed by atoms with Crippen LogP contribution >= 0.6 is 0 Å². The largest absolute Gasteiger partial charge is 0.508 e. The molecule has 2 N–H and O–H groups in total. The molecule has 0 radical (unpaired) electrons. The Morgan fingerprint density at radius 1 is 1.35 bits per heavy atom. The van der Waals surface area contributed by atoms with Crippen molar-refractivity contribution in [1.82, 2.24) is 0 Å². The summed E-state index contributed by atoms with van der Waals surface area (Å²) in [6, 6.07) is 6.34. The highest BCUT2D eigenvalue weighted by molar-refractivity contribution is 7.91. The first-order valence-electron chi connectivity index (χ1n) is 5.65. The molecule has 1 aromatic rings. The number of phenolic OH excluding ortho intramolecular Hbond substituents is 1. The van der Waals surface area contributed by atoms with Crippen molar-refractivity contribution in [3.63, 3.8) is 0 Å². The first-order valence-corrected chi connectivity index (χ1v) is 7.47. The molecule has 1 aromatic carbocycles. The van der Waals surface area contributed by atoms with Gasteiger partial charge in [0.05, 0.1) is 17.6 Å². The van der Waals surface area contributed by atoms with E-state index in [-0.39, 0.29) is 23.2 Å². The summed E-state index contributed by atoms with van der Waals surface area (Å²) >= 11 is 0. The zero-order valence-electron chi connectivity index (χ0n) is 9.41. The molecule has 2 atom stereocenters. The summed E-state index contributed by atoms with van der Waals surface area (Å²) in [6.07, 6.45) is 0.482. The standard InChI is InChI=1S/C12H16O4S/c13-11-5-1-3-9(7-11)12(14)10-4-2-6-17(15,16)8-10/h1,3,5,7,10,12-14H,2,4,6,8H2. The number of sulfone groups is 1. The highest BCUT2D eigenvalue weighted by Crippen LogP contribution is 2.31. The first-order chi connectivity index (χ1) is 7.98. The molecule has 17 heavy (non-hydrogen) atoms. The third-order valence-corrected chi connectivity index (χ3v) is 5.00. The van der Waals surface area contributed by atoms with E-state index in [0.29, 0.717) is 18.4 Å². The molecule has 5 heteroatoms. The van der Waals surface area contributed by atoms with Crippen LogP contribution in [-0.2, 0) is 9.84 Å². The Labute approximate surface area is 101 Å². The molecule has 0 aromatic heterocycles. The van der Waals surface area contributed by atoms with Crippen LogP contribution in [0.4, 0.5) is 0 Å². The zero-order valence-corrected chi connectivity index (χ0v) is 10.2. The van der Waals surface area contributed by atoms with Crippen LogP contribution in [0.15, 0.2) is 24.3 Å². The van der Waals surface area contributed by atoms with Crippen molar-refractivity contribution in [3.8, 4) is 5.75 Å². The van der Waals surface area contributed by atoms with E-state index in [1.807, 2.05) is 0 Å². The molecule has 0 bridgehead atoms. The summed E-state index contributed by atoms with van der Waals surface area (Å²) in [5.74, 6) is 0.0656. The van der Waals surface area contributed by atoms with Crippen molar-refractivity contribution in [3.05, 3.63) is 29.8 Å². The summed E-state index contributed by atoms with van der Waals surface area (Å²) in [4.78, 5) is 0. The third kappa shape index (κ3) is 2.98. The lowest BCUT2D eigenvalue weighted by atomic mass is 9.93. The second-order valence-corrected chi connectivity index (χ2v) is 6.79. The van der Waals surface area contributed by atoms with Gasteiger partial charge in [-0.1, -0.05) is 12.1 Å². The second kappa shape index (κ2) is 4.66. The molecular formula is C12H16O4S. The molecule has 0 amide bonds. The average Bonchev–Trinajstić information content (AvgIpc) is 2.26. The topological polar surface area (TPSA) is 74.6 Å². The minimum Gasteiger partial charge on any atom is -0.508 e. The monoisotopic (exact) mass is 256 g/mol. The van der Waals surface area contributed by atoms with Crippen molar-refractivity contribution in [2.45, 2.75) is 18.9 Å². The predicted octanol–water partition coefficient (Wildman–Crippen LogP) is 1.25. The summed E-state index contributed by atoms with van der Waals surface area (Å²) in [5.41, 5.74) is 0.576. The summed E-state index contributed by atoms with van der Waals surface area (Å²) < 4.78 is 23.0. The molecule has 4 nitrogen and oxygen atoms in total. The molecule has 2 rings (SSSR count). The van der Waals surface area contributed by atoms with Crippen LogP contribution in [0, 0.1) is 5.92 Å². The Balaban J connectivity index is 2.17. The molecule has 1 fully saturated rings. The maximum Gasteiger partial charge on any atom is 0.150 e. The van der Waals surface area contributed by atoms with Gasteiger partial charge in [0.25, 0.3) is 0 Å². The summed E-state index contributed by atoms with van der Waals surface area (Å²) in [6.45, 7) is 0. The second-order valence-electron chi connectivity index (χ2n) is 4.56. The number of phenols is 1. The third-order valence-electron chi connectivity index (χ3n) is 3.16. The summed E-state index contributed by atoms with van der Waals surface area (Å²) in [5, 5.41) is 19.5. The average molecular weight is 256 g/mol. The van der Waals surface area contributed by atoms with E-state index in [9.17, 15) is 18.6 Å². The van der Waals surface area contributed by atoms with Gasteiger partial charge in [0.1, 0.15) is 5.75 Å². The molecule has 0 aliphatic carbocycles. The normalized spacial score (nSPS) is 25.4. The minimum atomic E-state index is -3.02. The molecule has 94 valence electrons. The molecule has 1 aliphatic rings. The zero-order chi connectivity index (χ0) is 12.5. The number of hydrogen-bond acceptors (Lipinski definition) is 4. The van der Waals surface area contributed by atoms with Gasteiger partial charge in [-0.05, 0) is 30.5 Å². The molecule has 2 unspecified atom stereocenters. The molecule has 0 spiro atoms. The maximum absolute atomic E-state index is 11.5. The fourth-order valence-corrected chi connectivity index (χ4v) is 4.06. The van der Waals surface area contributed by atoms with Gasteiger partial charge in [-0.25, -0.2) is 8.42 Å². The van der Waals surface area contributed by atoms with E-state index in [1.165, 1.54) is 12.1 Å². The van der Waals surface area contributed by atoms with Gasteiger partial charge in [0.2, 0.25) is 0 Å². The van der Waals surface area contributed by atoms with Crippen LogP contribution in [0.2, 0.25) is 0 Å². The van der Waals surface area contributed by atoms with Gasteiger partial charge in [-0.15, -0.1) is 0 Å². The van der Waals surface area contributed by atoms with Gasteiger partial charge in [0, 0.05) is 5.92 Å². The number of benzene rings is 1. The number of aromatic hydroxyl groups is 1. The molecular weight excluding hydrogens is 240 g/mol. The lowest BCUT2D eigenvalue weighted by molar-refractivity contribution is 0.111. The SMILES string of the molecule is O=S1(=O)CCCC(C(O)c2cccc(O)c2)C1. The molecule has 1 heterocycles. The van der Waals surface area contributed by atoms with Crippen LogP contribution in [0.1, 0.15) is 24.5 Å². The fraction of sp³-hybridized carbons (Fsp3) is 0.500. The smallest absolute Gasteiger partial charge is 0.150 e. The van der Waals surface area contributed by atoms with Gasteiger partial charge >= 0.3 is 0 Å². The Hall–Kier alpha value is -1.07. The van der Waals surface area contributed by atoms with E-state index in [0.717, 1.165) is 0 Å². The minimum absolute atomic E-state index is 0.0316. The van der Waals surface area contributed by atoms with Crippen molar-refractivity contribution in [2.75, 3.05) is 11.5 Å². The van der Waals surface area contributed by atoms with Crippen molar-refractivity contribution >= 4 is 9.84 Å². The lowest BCUT2D eigenvalue weighted by Crippen LogP contribution is -2.29. The van der Waals surface area contributed by atoms with Gasteiger partial charge < -0.3 is 10.2 Å². The van der Waals surface area contributed by atoms with E-state index in [2.05, 4.69) is 0 Å². The Morgan fingerprint density at radius 2 is 2.12 bits per heavy atom. The van der Waals surface area contributed by atoms with Crippen LogP contribution in [0.5, 0.6) is 5.75 Å². The van der Waals surface area contributed by atoms with Crippen molar-refractivity contribution in [2.24, 2.45) is 5.92 Å².